The lowest BCUT2D eigenvalue weighted by Crippen LogP contribution is -2.20. The highest BCUT2D eigenvalue weighted by Gasteiger charge is 2.31. The molecule has 2 aromatic carbocycles. The Hall–Kier alpha value is -3.69. The minimum Gasteiger partial charge on any atom is -0.481 e. The number of ether oxygens (including phenoxy) is 1. The summed E-state index contributed by atoms with van der Waals surface area (Å²) in [6.07, 6.45) is -1.56. The molecular weight excluding hydrogens is 430 g/mol. The van der Waals surface area contributed by atoms with Gasteiger partial charge < -0.3 is 15.2 Å². The second-order valence-electron chi connectivity index (χ2n) is 7.27. The van der Waals surface area contributed by atoms with E-state index in [9.17, 15) is 27.5 Å². The van der Waals surface area contributed by atoms with Gasteiger partial charge in [0, 0.05) is 11.5 Å². The zero-order valence-electron chi connectivity index (χ0n) is 16.5. The number of aromatic nitrogens is 2. The molecule has 0 aliphatic heterocycles. The fraction of sp³-hybridized carbons (Fsp3) is 0.227. The number of nitrogens with one attached hydrogen (secondary N) is 1. The van der Waals surface area contributed by atoms with Crippen molar-refractivity contribution < 1.29 is 32.2 Å². The lowest BCUT2D eigenvalue weighted by atomic mass is 10.0. The predicted octanol–water partition coefficient (Wildman–Crippen LogP) is 5.54. The largest absolute Gasteiger partial charge is 0.481 e. The minimum absolute atomic E-state index is 0.124. The van der Waals surface area contributed by atoms with Crippen LogP contribution in [0.1, 0.15) is 34.9 Å². The number of aromatic carboxylic acids is 1. The van der Waals surface area contributed by atoms with Gasteiger partial charge in [0.15, 0.2) is 29.7 Å². The predicted molar refractivity (Wildman–Crippen MR) is 108 cm³/mol. The fourth-order valence-corrected chi connectivity index (χ4v) is 3.16. The first-order valence-electron chi connectivity index (χ1n) is 9.67. The molecule has 1 fully saturated rings. The number of hydrogen-bond acceptors (Lipinski definition) is 5. The second kappa shape index (κ2) is 8.45. The first kappa shape index (κ1) is 21.5. The number of alkyl halides is 3. The van der Waals surface area contributed by atoms with E-state index < -0.39 is 41.7 Å². The number of rotatable bonds is 7. The highest BCUT2D eigenvalue weighted by molar-refractivity contribution is 5.92. The maximum Gasteiger partial charge on any atom is 0.422 e. The van der Waals surface area contributed by atoms with Crippen molar-refractivity contribution in [1.29, 1.82) is 0 Å². The highest BCUT2D eigenvalue weighted by atomic mass is 19.4. The van der Waals surface area contributed by atoms with Gasteiger partial charge in [0.25, 0.3) is 0 Å². The summed E-state index contributed by atoms with van der Waals surface area (Å²) in [5.41, 5.74) is 0.256. The normalized spacial score (nSPS) is 13.6. The zero-order chi connectivity index (χ0) is 22.9. The summed E-state index contributed by atoms with van der Waals surface area (Å²) in [5.74, 6) is -2.94. The van der Waals surface area contributed by atoms with Gasteiger partial charge in [-0.05, 0) is 30.5 Å². The van der Waals surface area contributed by atoms with Crippen LogP contribution in [0.4, 0.5) is 29.1 Å². The van der Waals surface area contributed by atoms with E-state index in [1.165, 1.54) is 12.3 Å². The summed E-state index contributed by atoms with van der Waals surface area (Å²) >= 11 is 0. The van der Waals surface area contributed by atoms with Crippen molar-refractivity contribution in [3.8, 4) is 16.9 Å². The first-order valence-corrected chi connectivity index (χ1v) is 9.67. The molecule has 1 heterocycles. The van der Waals surface area contributed by atoms with E-state index in [0.717, 1.165) is 18.9 Å². The van der Waals surface area contributed by atoms with Gasteiger partial charge in [-0.25, -0.2) is 19.2 Å². The monoisotopic (exact) mass is 447 g/mol. The average Bonchev–Trinajstić information content (AvgIpc) is 3.59. The second-order valence-corrected chi connectivity index (χ2v) is 7.27. The van der Waals surface area contributed by atoms with E-state index in [0.29, 0.717) is 11.3 Å². The molecule has 32 heavy (non-hydrogen) atoms. The maximum absolute atomic E-state index is 14.8. The van der Waals surface area contributed by atoms with E-state index in [1.54, 1.807) is 30.3 Å². The van der Waals surface area contributed by atoms with Crippen molar-refractivity contribution >= 4 is 17.5 Å². The summed E-state index contributed by atoms with van der Waals surface area (Å²) in [6, 6.07) is 10.7. The SMILES string of the molecule is O=C(O)c1nc(C2CC2)cnc1Nc1c(F)ccc(-c2ccccc2)c1OCC(F)(F)F. The molecule has 1 aliphatic carbocycles. The third-order valence-electron chi connectivity index (χ3n) is 4.80. The quantitative estimate of drug-likeness (QED) is 0.463. The van der Waals surface area contributed by atoms with Crippen molar-refractivity contribution in [3.63, 3.8) is 0 Å². The third-order valence-corrected chi connectivity index (χ3v) is 4.80. The van der Waals surface area contributed by atoms with Crippen molar-refractivity contribution in [2.24, 2.45) is 0 Å². The Labute approximate surface area is 179 Å². The molecule has 0 amide bonds. The molecule has 0 atom stereocenters. The van der Waals surface area contributed by atoms with Crippen LogP contribution in [0.25, 0.3) is 11.1 Å². The topological polar surface area (TPSA) is 84.3 Å². The number of carboxylic acid groups (broad SMARTS) is 1. The number of carbonyl (C=O) groups is 1. The Morgan fingerprint density at radius 1 is 1.16 bits per heavy atom. The van der Waals surface area contributed by atoms with Crippen molar-refractivity contribution in [2.75, 3.05) is 11.9 Å². The number of hydrogen-bond donors (Lipinski definition) is 2. The number of anilines is 2. The van der Waals surface area contributed by atoms with Crippen LogP contribution in [-0.4, -0.2) is 33.8 Å². The van der Waals surface area contributed by atoms with Crippen molar-refractivity contribution in [2.45, 2.75) is 24.9 Å². The molecule has 0 saturated heterocycles. The van der Waals surface area contributed by atoms with Gasteiger partial charge in [0.2, 0.25) is 0 Å². The average molecular weight is 447 g/mol. The molecule has 0 radical (unpaired) electrons. The van der Waals surface area contributed by atoms with Gasteiger partial charge in [-0.1, -0.05) is 30.3 Å². The number of carboxylic acids is 1. The van der Waals surface area contributed by atoms with Crippen LogP contribution in [0.5, 0.6) is 5.75 Å². The van der Waals surface area contributed by atoms with Crippen LogP contribution >= 0.6 is 0 Å². The summed E-state index contributed by atoms with van der Waals surface area (Å²) in [4.78, 5) is 19.8. The molecule has 0 unspecified atom stereocenters. The summed E-state index contributed by atoms with van der Waals surface area (Å²) in [7, 11) is 0. The van der Waals surface area contributed by atoms with Gasteiger partial charge in [0.05, 0.1) is 11.9 Å². The first-order chi connectivity index (χ1) is 15.2. The molecular formula is C22H17F4N3O3. The van der Waals surface area contributed by atoms with E-state index >= 15 is 0 Å². The molecule has 1 aromatic heterocycles. The lowest BCUT2D eigenvalue weighted by Gasteiger charge is -2.19. The van der Waals surface area contributed by atoms with Gasteiger partial charge in [-0.2, -0.15) is 13.2 Å². The smallest absolute Gasteiger partial charge is 0.422 e. The number of halogens is 4. The molecule has 1 saturated carbocycles. The van der Waals surface area contributed by atoms with Crippen molar-refractivity contribution in [1.82, 2.24) is 9.97 Å². The molecule has 4 rings (SSSR count). The van der Waals surface area contributed by atoms with E-state index in [4.69, 9.17) is 4.74 Å². The molecule has 6 nitrogen and oxygen atoms in total. The van der Waals surface area contributed by atoms with Gasteiger partial charge in [0.1, 0.15) is 5.69 Å². The van der Waals surface area contributed by atoms with Crippen LogP contribution in [0.15, 0.2) is 48.7 Å². The minimum atomic E-state index is -4.67. The molecule has 166 valence electrons. The zero-order valence-corrected chi connectivity index (χ0v) is 16.5. The molecule has 0 spiro atoms. The van der Waals surface area contributed by atoms with Crippen LogP contribution < -0.4 is 10.1 Å². The van der Waals surface area contributed by atoms with Crippen LogP contribution in [-0.2, 0) is 0 Å². The van der Waals surface area contributed by atoms with Crippen molar-refractivity contribution in [3.05, 3.63) is 65.9 Å². The van der Waals surface area contributed by atoms with Crippen LogP contribution in [0.2, 0.25) is 0 Å². The van der Waals surface area contributed by atoms with E-state index in [2.05, 4.69) is 15.3 Å². The summed E-state index contributed by atoms with van der Waals surface area (Å²) in [5, 5.41) is 12.0. The molecule has 0 bridgehead atoms. The molecule has 2 N–H and O–H groups in total. The Balaban J connectivity index is 1.80. The Morgan fingerprint density at radius 2 is 1.88 bits per heavy atom. The summed E-state index contributed by atoms with van der Waals surface area (Å²) in [6.45, 7) is -1.66. The standard InChI is InChI=1S/C22H17F4N3O3/c23-15-9-8-14(12-4-2-1-3-5-12)19(32-11-22(24,25)26)17(15)29-20-18(21(30)31)28-16(10-27-20)13-6-7-13/h1-5,8-10,13H,6-7,11H2,(H,27,29)(H,30,31). The van der Waals surface area contributed by atoms with Crippen LogP contribution in [0.3, 0.4) is 0 Å². The Morgan fingerprint density at radius 3 is 2.50 bits per heavy atom. The van der Waals surface area contributed by atoms with E-state index in [1.807, 2.05) is 0 Å². The van der Waals surface area contributed by atoms with Gasteiger partial charge in [-0.3, -0.25) is 0 Å². The lowest BCUT2D eigenvalue weighted by molar-refractivity contribution is -0.153. The third kappa shape index (κ3) is 4.79. The highest BCUT2D eigenvalue weighted by Crippen LogP contribution is 2.42. The Kier molecular flexibility index (Phi) is 5.68. The molecule has 3 aromatic rings. The van der Waals surface area contributed by atoms with E-state index in [-0.39, 0.29) is 17.3 Å². The number of nitrogens with zero attached hydrogens (tertiary/aromatic N) is 2. The van der Waals surface area contributed by atoms with Gasteiger partial charge >= 0.3 is 12.1 Å². The van der Waals surface area contributed by atoms with Gasteiger partial charge in [-0.15, -0.1) is 0 Å². The maximum atomic E-state index is 14.8. The summed E-state index contributed by atoms with van der Waals surface area (Å²) < 4.78 is 58.4. The Bertz CT molecular complexity index is 1150. The molecule has 1 aliphatic rings. The van der Waals surface area contributed by atoms with Crippen LogP contribution in [0, 0.1) is 5.82 Å². The number of benzene rings is 2. The fourth-order valence-electron chi connectivity index (χ4n) is 3.16. The molecule has 10 heteroatoms.